The zero-order valence-electron chi connectivity index (χ0n) is 8.67. The Balaban J connectivity index is 2.46. The zero-order valence-corrected chi connectivity index (χ0v) is 8.67. The van der Waals surface area contributed by atoms with Crippen LogP contribution in [0.25, 0.3) is 0 Å². The number of benzene rings is 1. The molecule has 1 aromatic rings. The average Bonchev–Trinajstić information content (AvgIpc) is 2.49. The number of para-hydroxylation sites is 1. The monoisotopic (exact) mass is 175 g/mol. The predicted molar refractivity (Wildman–Crippen MR) is 57.4 cm³/mol. The first kappa shape index (κ1) is 8.61. The lowest BCUT2D eigenvalue weighted by Crippen LogP contribution is -2.28. The van der Waals surface area contributed by atoms with E-state index in [0.29, 0.717) is 6.04 Å². The van der Waals surface area contributed by atoms with Crippen molar-refractivity contribution in [1.82, 2.24) is 0 Å². The van der Waals surface area contributed by atoms with Crippen LogP contribution in [-0.4, -0.2) is 12.6 Å². The van der Waals surface area contributed by atoms with Gasteiger partial charge in [0.1, 0.15) is 0 Å². The van der Waals surface area contributed by atoms with Gasteiger partial charge in [0.2, 0.25) is 0 Å². The molecular formula is C12H17N. The number of nitrogens with zero attached hydrogens (tertiary/aromatic N) is 1. The first-order chi connectivity index (χ1) is 6.20. The summed E-state index contributed by atoms with van der Waals surface area (Å²) >= 11 is 0. The minimum atomic E-state index is 0.627. The van der Waals surface area contributed by atoms with Gasteiger partial charge in [-0.2, -0.15) is 0 Å². The van der Waals surface area contributed by atoms with Crippen molar-refractivity contribution in [2.24, 2.45) is 0 Å². The van der Waals surface area contributed by atoms with Crippen LogP contribution in [0.5, 0.6) is 0 Å². The van der Waals surface area contributed by atoms with Crippen LogP contribution in [-0.2, 0) is 6.42 Å². The SMILES string of the molecule is Cc1cccc2c1N(C(C)C)CC2. The van der Waals surface area contributed by atoms with E-state index in [9.17, 15) is 0 Å². The van der Waals surface area contributed by atoms with E-state index in [1.165, 1.54) is 29.8 Å². The summed E-state index contributed by atoms with van der Waals surface area (Å²) < 4.78 is 0. The molecule has 0 saturated heterocycles. The van der Waals surface area contributed by atoms with Crippen molar-refractivity contribution in [1.29, 1.82) is 0 Å². The molecule has 0 amide bonds. The minimum Gasteiger partial charge on any atom is -0.368 e. The van der Waals surface area contributed by atoms with Gasteiger partial charge in [0.25, 0.3) is 0 Å². The van der Waals surface area contributed by atoms with Gasteiger partial charge in [-0.15, -0.1) is 0 Å². The number of aryl methyl sites for hydroxylation is 1. The van der Waals surface area contributed by atoms with E-state index in [2.05, 4.69) is 43.9 Å². The lowest BCUT2D eigenvalue weighted by molar-refractivity contribution is 0.709. The Morgan fingerprint density at radius 2 is 2.08 bits per heavy atom. The molecule has 13 heavy (non-hydrogen) atoms. The maximum atomic E-state index is 2.50. The molecule has 1 aromatic carbocycles. The minimum absolute atomic E-state index is 0.627. The lowest BCUT2D eigenvalue weighted by atomic mass is 10.1. The molecule has 0 spiro atoms. The van der Waals surface area contributed by atoms with Gasteiger partial charge >= 0.3 is 0 Å². The van der Waals surface area contributed by atoms with E-state index < -0.39 is 0 Å². The molecule has 70 valence electrons. The second-order valence-corrected chi connectivity index (χ2v) is 4.12. The molecule has 1 heterocycles. The third kappa shape index (κ3) is 1.32. The topological polar surface area (TPSA) is 3.24 Å². The normalized spacial score (nSPS) is 15.2. The summed E-state index contributed by atoms with van der Waals surface area (Å²) in [4.78, 5) is 2.50. The molecule has 1 heteroatoms. The molecule has 0 saturated carbocycles. The van der Waals surface area contributed by atoms with E-state index in [-0.39, 0.29) is 0 Å². The number of hydrogen-bond acceptors (Lipinski definition) is 1. The smallest absolute Gasteiger partial charge is 0.0431 e. The largest absolute Gasteiger partial charge is 0.368 e. The van der Waals surface area contributed by atoms with Gasteiger partial charge < -0.3 is 4.90 Å². The molecule has 0 bridgehead atoms. The summed E-state index contributed by atoms with van der Waals surface area (Å²) in [6.45, 7) is 7.93. The molecule has 0 aliphatic carbocycles. The number of anilines is 1. The summed E-state index contributed by atoms with van der Waals surface area (Å²) in [7, 11) is 0. The first-order valence-electron chi connectivity index (χ1n) is 5.05. The second-order valence-electron chi connectivity index (χ2n) is 4.12. The highest BCUT2D eigenvalue weighted by Gasteiger charge is 2.22. The average molecular weight is 175 g/mol. The first-order valence-corrected chi connectivity index (χ1v) is 5.05. The number of hydrogen-bond donors (Lipinski definition) is 0. The molecule has 0 N–H and O–H groups in total. The standard InChI is InChI=1S/C12H17N/c1-9(2)13-8-7-11-6-4-5-10(3)12(11)13/h4-6,9H,7-8H2,1-3H3. The lowest BCUT2D eigenvalue weighted by Gasteiger charge is -2.25. The van der Waals surface area contributed by atoms with Gasteiger partial charge in [-0.25, -0.2) is 0 Å². The van der Waals surface area contributed by atoms with Crippen molar-refractivity contribution in [2.45, 2.75) is 33.2 Å². The highest BCUT2D eigenvalue weighted by molar-refractivity contribution is 5.63. The van der Waals surface area contributed by atoms with Gasteiger partial charge in [-0.3, -0.25) is 0 Å². The summed E-state index contributed by atoms with van der Waals surface area (Å²) in [5.41, 5.74) is 4.43. The van der Waals surface area contributed by atoms with E-state index in [1.807, 2.05) is 0 Å². The van der Waals surface area contributed by atoms with Crippen molar-refractivity contribution in [3.8, 4) is 0 Å². The van der Waals surface area contributed by atoms with E-state index in [0.717, 1.165) is 0 Å². The zero-order chi connectivity index (χ0) is 9.42. The molecule has 1 aliphatic heterocycles. The van der Waals surface area contributed by atoms with Crippen molar-refractivity contribution in [2.75, 3.05) is 11.4 Å². The van der Waals surface area contributed by atoms with Crippen LogP contribution in [0, 0.1) is 6.92 Å². The predicted octanol–water partition coefficient (Wildman–Crippen LogP) is 2.77. The third-order valence-electron chi connectivity index (χ3n) is 2.85. The maximum absolute atomic E-state index is 2.50. The Morgan fingerprint density at radius 3 is 2.77 bits per heavy atom. The molecule has 0 aromatic heterocycles. The van der Waals surface area contributed by atoms with E-state index in [4.69, 9.17) is 0 Å². The van der Waals surface area contributed by atoms with Gasteiger partial charge in [-0.1, -0.05) is 18.2 Å². The molecule has 2 rings (SSSR count). The van der Waals surface area contributed by atoms with Gasteiger partial charge in [0.05, 0.1) is 0 Å². The van der Waals surface area contributed by atoms with E-state index in [1.54, 1.807) is 0 Å². The molecule has 0 radical (unpaired) electrons. The summed E-state index contributed by atoms with van der Waals surface area (Å²) in [6.07, 6.45) is 1.22. The van der Waals surface area contributed by atoms with Crippen LogP contribution in [0.1, 0.15) is 25.0 Å². The fourth-order valence-corrected chi connectivity index (χ4v) is 2.20. The van der Waals surface area contributed by atoms with Crippen LogP contribution in [0.4, 0.5) is 5.69 Å². The van der Waals surface area contributed by atoms with Gasteiger partial charge in [0, 0.05) is 18.3 Å². The van der Waals surface area contributed by atoms with E-state index >= 15 is 0 Å². The van der Waals surface area contributed by atoms with Crippen LogP contribution < -0.4 is 4.90 Å². The van der Waals surface area contributed by atoms with Gasteiger partial charge in [-0.05, 0) is 38.3 Å². The van der Waals surface area contributed by atoms with Crippen LogP contribution in [0.3, 0.4) is 0 Å². The number of fused-ring (bicyclic) bond motifs is 1. The molecule has 0 fully saturated rings. The summed E-state index contributed by atoms with van der Waals surface area (Å²) in [5.74, 6) is 0. The molecule has 0 atom stereocenters. The Labute approximate surface area is 80.4 Å². The van der Waals surface area contributed by atoms with Crippen LogP contribution in [0.2, 0.25) is 0 Å². The number of rotatable bonds is 1. The molecular weight excluding hydrogens is 158 g/mol. The van der Waals surface area contributed by atoms with Crippen molar-refractivity contribution in [3.63, 3.8) is 0 Å². The van der Waals surface area contributed by atoms with Crippen LogP contribution in [0.15, 0.2) is 18.2 Å². The summed E-state index contributed by atoms with van der Waals surface area (Å²) in [5, 5.41) is 0. The fourth-order valence-electron chi connectivity index (χ4n) is 2.20. The fraction of sp³-hybridized carbons (Fsp3) is 0.500. The van der Waals surface area contributed by atoms with Crippen molar-refractivity contribution >= 4 is 5.69 Å². The third-order valence-corrected chi connectivity index (χ3v) is 2.85. The maximum Gasteiger partial charge on any atom is 0.0431 e. The van der Waals surface area contributed by atoms with Gasteiger partial charge in [0.15, 0.2) is 0 Å². The highest BCUT2D eigenvalue weighted by Crippen LogP contribution is 2.32. The Hall–Kier alpha value is -0.980. The Kier molecular flexibility index (Phi) is 2.03. The molecule has 1 aliphatic rings. The van der Waals surface area contributed by atoms with Crippen molar-refractivity contribution < 1.29 is 0 Å². The van der Waals surface area contributed by atoms with Crippen LogP contribution >= 0.6 is 0 Å². The quantitative estimate of drug-likeness (QED) is 0.634. The molecule has 1 nitrogen and oxygen atoms in total. The Bertz CT molecular complexity index is 315. The Morgan fingerprint density at radius 1 is 1.31 bits per heavy atom. The molecule has 0 unspecified atom stereocenters. The second kappa shape index (κ2) is 3.06. The van der Waals surface area contributed by atoms with Crippen molar-refractivity contribution in [3.05, 3.63) is 29.3 Å². The highest BCUT2D eigenvalue weighted by atomic mass is 15.2. The summed E-state index contributed by atoms with van der Waals surface area (Å²) in [6, 6.07) is 7.25.